The number of rotatable bonds is 6. The van der Waals surface area contributed by atoms with Crippen molar-refractivity contribution in [1.29, 1.82) is 0 Å². The maximum absolute atomic E-state index is 9.67. The molecule has 1 aromatic carbocycles. The molecule has 0 aliphatic rings. The summed E-state index contributed by atoms with van der Waals surface area (Å²) in [4.78, 5) is 0. The quantitative estimate of drug-likeness (QED) is 0.834. The van der Waals surface area contributed by atoms with Crippen LogP contribution in [0.15, 0.2) is 30.5 Å². The van der Waals surface area contributed by atoms with E-state index in [4.69, 9.17) is 4.74 Å². The zero-order chi connectivity index (χ0) is 13.7. The molecule has 0 saturated heterocycles. The lowest BCUT2D eigenvalue weighted by Gasteiger charge is -2.07. The monoisotopic (exact) mass is 261 g/mol. The fourth-order valence-corrected chi connectivity index (χ4v) is 1.85. The second kappa shape index (κ2) is 6.24. The molecule has 2 aromatic rings. The minimum absolute atomic E-state index is 0.164. The number of phenolic OH excluding ortho intramolecular Hbond substituents is 1. The van der Waals surface area contributed by atoms with Crippen molar-refractivity contribution in [3.8, 4) is 11.5 Å². The highest BCUT2D eigenvalue weighted by Gasteiger charge is 2.03. The van der Waals surface area contributed by atoms with Crippen LogP contribution >= 0.6 is 0 Å². The van der Waals surface area contributed by atoms with Gasteiger partial charge in [0.1, 0.15) is 0 Å². The van der Waals surface area contributed by atoms with Crippen LogP contribution in [-0.4, -0.2) is 22.0 Å². The molecule has 1 aromatic heterocycles. The molecule has 0 fully saturated rings. The second-order valence-corrected chi connectivity index (χ2v) is 4.27. The molecule has 0 aliphatic carbocycles. The maximum Gasteiger partial charge on any atom is 0.160 e. The number of hydrogen-bond acceptors (Lipinski definition) is 4. The van der Waals surface area contributed by atoms with Gasteiger partial charge in [0.2, 0.25) is 0 Å². The molecule has 2 N–H and O–H groups in total. The van der Waals surface area contributed by atoms with Crippen molar-refractivity contribution in [3.63, 3.8) is 0 Å². The molecule has 1 heterocycles. The Morgan fingerprint density at radius 3 is 2.79 bits per heavy atom. The molecule has 0 bridgehead atoms. The third-order valence-electron chi connectivity index (χ3n) is 2.90. The van der Waals surface area contributed by atoms with Gasteiger partial charge in [0, 0.05) is 25.8 Å². The van der Waals surface area contributed by atoms with Crippen LogP contribution in [0.25, 0.3) is 0 Å². The molecule has 5 nitrogen and oxygen atoms in total. The first-order chi connectivity index (χ1) is 9.22. The van der Waals surface area contributed by atoms with E-state index in [1.807, 2.05) is 23.0 Å². The van der Waals surface area contributed by atoms with Crippen LogP contribution in [0.2, 0.25) is 0 Å². The molecule has 5 heteroatoms. The van der Waals surface area contributed by atoms with E-state index in [1.165, 1.54) is 7.11 Å². The third-order valence-corrected chi connectivity index (χ3v) is 2.90. The van der Waals surface area contributed by atoms with E-state index in [-0.39, 0.29) is 5.75 Å². The number of methoxy groups -OCH3 is 1. The van der Waals surface area contributed by atoms with E-state index in [0.29, 0.717) is 18.8 Å². The largest absolute Gasteiger partial charge is 0.504 e. The van der Waals surface area contributed by atoms with E-state index in [2.05, 4.69) is 17.3 Å². The van der Waals surface area contributed by atoms with Gasteiger partial charge in [-0.25, -0.2) is 0 Å². The van der Waals surface area contributed by atoms with Gasteiger partial charge in [-0.2, -0.15) is 5.10 Å². The van der Waals surface area contributed by atoms with Crippen LogP contribution in [0.1, 0.15) is 18.2 Å². The van der Waals surface area contributed by atoms with Crippen LogP contribution in [-0.2, 0) is 19.6 Å². The molecule has 0 unspecified atom stereocenters. The Morgan fingerprint density at radius 1 is 1.32 bits per heavy atom. The Kier molecular flexibility index (Phi) is 4.41. The number of nitrogens with one attached hydrogen (secondary N) is 1. The minimum Gasteiger partial charge on any atom is -0.504 e. The van der Waals surface area contributed by atoms with E-state index < -0.39 is 0 Å². The van der Waals surface area contributed by atoms with Crippen LogP contribution in [0, 0.1) is 0 Å². The highest BCUT2D eigenvalue weighted by Crippen LogP contribution is 2.26. The summed E-state index contributed by atoms with van der Waals surface area (Å²) in [7, 11) is 1.54. The van der Waals surface area contributed by atoms with Crippen LogP contribution in [0.4, 0.5) is 0 Å². The summed E-state index contributed by atoms with van der Waals surface area (Å²) in [6.07, 6.45) is 1.97. The van der Waals surface area contributed by atoms with E-state index in [1.54, 1.807) is 12.1 Å². The molecular weight excluding hydrogens is 242 g/mol. The lowest BCUT2D eigenvalue weighted by Crippen LogP contribution is -2.13. The van der Waals surface area contributed by atoms with Gasteiger partial charge >= 0.3 is 0 Å². The van der Waals surface area contributed by atoms with Crippen molar-refractivity contribution in [1.82, 2.24) is 15.1 Å². The molecular formula is C14H19N3O2. The number of aromatic hydroxyl groups is 1. The van der Waals surface area contributed by atoms with Crippen molar-refractivity contribution in [2.45, 2.75) is 26.6 Å². The van der Waals surface area contributed by atoms with Crippen molar-refractivity contribution < 1.29 is 9.84 Å². The number of hydrogen-bond donors (Lipinski definition) is 2. The number of aryl methyl sites for hydroxylation is 1. The fraction of sp³-hybridized carbons (Fsp3) is 0.357. The van der Waals surface area contributed by atoms with Gasteiger partial charge in [-0.05, 0) is 30.7 Å². The Balaban J connectivity index is 1.87. The molecule has 0 aliphatic heterocycles. The summed E-state index contributed by atoms with van der Waals surface area (Å²) in [5, 5.41) is 17.4. The summed E-state index contributed by atoms with van der Waals surface area (Å²) >= 11 is 0. The summed E-state index contributed by atoms with van der Waals surface area (Å²) < 4.78 is 6.90. The fourth-order valence-electron chi connectivity index (χ4n) is 1.85. The number of ether oxygens (including phenoxy) is 1. The molecule has 0 atom stereocenters. The highest BCUT2D eigenvalue weighted by atomic mass is 16.5. The molecule has 0 amide bonds. The molecule has 0 saturated carbocycles. The normalized spacial score (nSPS) is 10.6. The Morgan fingerprint density at radius 2 is 2.16 bits per heavy atom. The van der Waals surface area contributed by atoms with Crippen molar-refractivity contribution in [2.24, 2.45) is 0 Å². The Labute approximate surface area is 112 Å². The number of phenols is 1. The van der Waals surface area contributed by atoms with Crippen LogP contribution in [0.3, 0.4) is 0 Å². The van der Waals surface area contributed by atoms with Gasteiger partial charge < -0.3 is 15.2 Å². The average Bonchev–Trinajstić information content (AvgIpc) is 2.87. The summed E-state index contributed by atoms with van der Waals surface area (Å²) in [6, 6.07) is 7.40. The Bertz CT molecular complexity index is 537. The predicted octanol–water partition coefficient (Wildman–Crippen LogP) is 1.91. The SMILES string of the molecule is CCn1ccc(CNCc2ccc(OC)c(O)c2)n1. The zero-order valence-corrected chi connectivity index (χ0v) is 11.3. The summed E-state index contributed by atoms with van der Waals surface area (Å²) in [5.41, 5.74) is 2.02. The van der Waals surface area contributed by atoms with Crippen LogP contribution in [0.5, 0.6) is 11.5 Å². The standard InChI is InChI=1S/C14H19N3O2/c1-3-17-7-6-12(16-17)10-15-9-11-4-5-14(19-2)13(18)8-11/h4-8,15,18H,3,9-10H2,1-2H3. The summed E-state index contributed by atoms with van der Waals surface area (Å²) in [6.45, 7) is 4.33. The van der Waals surface area contributed by atoms with Gasteiger partial charge in [-0.3, -0.25) is 4.68 Å². The van der Waals surface area contributed by atoms with E-state index in [9.17, 15) is 5.11 Å². The Hall–Kier alpha value is -2.01. The lowest BCUT2D eigenvalue weighted by atomic mass is 10.2. The molecule has 0 spiro atoms. The maximum atomic E-state index is 9.67. The highest BCUT2D eigenvalue weighted by molar-refractivity contribution is 5.41. The van der Waals surface area contributed by atoms with Gasteiger partial charge in [0.15, 0.2) is 11.5 Å². The molecule has 19 heavy (non-hydrogen) atoms. The molecule has 0 radical (unpaired) electrons. The molecule has 102 valence electrons. The summed E-state index contributed by atoms with van der Waals surface area (Å²) in [5.74, 6) is 0.655. The topological polar surface area (TPSA) is 59.3 Å². The lowest BCUT2D eigenvalue weighted by molar-refractivity contribution is 0.373. The van der Waals surface area contributed by atoms with Gasteiger partial charge in [0.25, 0.3) is 0 Å². The number of aromatic nitrogens is 2. The van der Waals surface area contributed by atoms with Crippen molar-refractivity contribution >= 4 is 0 Å². The number of benzene rings is 1. The van der Waals surface area contributed by atoms with E-state index >= 15 is 0 Å². The first kappa shape index (κ1) is 13.4. The zero-order valence-electron chi connectivity index (χ0n) is 11.3. The first-order valence-electron chi connectivity index (χ1n) is 6.32. The number of nitrogens with zero attached hydrogens (tertiary/aromatic N) is 2. The van der Waals surface area contributed by atoms with Crippen molar-refractivity contribution in [2.75, 3.05) is 7.11 Å². The van der Waals surface area contributed by atoms with Gasteiger partial charge in [-0.15, -0.1) is 0 Å². The van der Waals surface area contributed by atoms with Gasteiger partial charge in [-0.1, -0.05) is 6.07 Å². The second-order valence-electron chi connectivity index (χ2n) is 4.27. The minimum atomic E-state index is 0.164. The van der Waals surface area contributed by atoms with Crippen LogP contribution < -0.4 is 10.1 Å². The predicted molar refractivity (Wildman–Crippen MR) is 73.1 cm³/mol. The smallest absolute Gasteiger partial charge is 0.160 e. The van der Waals surface area contributed by atoms with E-state index in [0.717, 1.165) is 17.8 Å². The molecule has 2 rings (SSSR count). The average molecular weight is 261 g/mol. The first-order valence-corrected chi connectivity index (χ1v) is 6.32. The van der Waals surface area contributed by atoms with Gasteiger partial charge in [0.05, 0.1) is 12.8 Å². The van der Waals surface area contributed by atoms with Crippen molar-refractivity contribution in [3.05, 3.63) is 41.7 Å². The third kappa shape index (κ3) is 3.48.